The number of halogens is 3. The van der Waals surface area contributed by atoms with Crippen LogP contribution in [0, 0.1) is 0 Å². The number of alkyl halides is 3. The number of nitrogens with zero attached hydrogens (tertiary/aromatic N) is 1. The lowest BCUT2D eigenvalue weighted by atomic mass is 10.0. The van der Waals surface area contributed by atoms with E-state index in [1.165, 1.54) is 6.07 Å². The van der Waals surface area contributed by atoms with E-state index in [0.29, 0.717) is 17.5 Å². The number of amides is 1. The maximum Gasteiger partial charge on any atom is 0.416 e. The number of carbonyl (C=O) groups excluding carboxylic acids is 1. The van der Waals surface area contributed by atoms with Crippen LogP contribution in [0.25, 0.3) is 0 Å². The maximum atomic E-state index is 13.0. The number of carbonyl (C=O) groups is 1. The fraction of sp³-hybridized carbons (Fsp3) is 0.381. The molecule has 1 unspecified atom stereocenters. The number of aromatic hydroxyl groups is 1. The van der Waals surface area contributed by atoms with Crippen molar-refractivity contribution in [2.24, 2.45) is 0 Å². The van der Waals surface area contributed by atoms with Crippen molar-refractivity contribution in [3.63, 3.8) is 0 Å². The molecule has 0 aromatic heterocycles. The predicted molar refractivity (Wildman–Crippen MR) is 96.2 cm³/mol. The zero-order chi connectivity index (χ0) is 19.6. The van der Waals surface area contributed by atoms with Crippen LogP contribution in [0.3, 0.4) is 0 Å². The van der Waals surface area contributed by atoms with Gasteiger partial charge in [0.1, 0.15) is 5.75 Å². The number of rotatable bonds is 6. The second kappa shape index (κ2) is 7.62. The summed E-state index contributed by atoms with van der Waals surface area (Å²) in [6, 6.07) is 11.7. The summed E-state index contributed by atoms with van der Waals surface area (Å²) in [4.78, 5) is 14.5. The second-order valence-corrected chi connectivity index (χ2v) is 6.96. The van der Waals surface area contributed by atoms with Gasteiger partial charge < -0.3 is 10.0 Å². The van der Waals surface area contributed by atoms with E-state index in [4.69, 9.17) is 0 Å². The highest BCUT2D eigenvalue weighted by Crippen LogP contribution is 2.37. The highest BCUT2D eigenvalue weighted by Gasteiger charge is 2.37. The number of phenols is 1. The molecule has 1 fully saturated rings. The van der Waals surface area contributed by atoms with Gasteiger partial charge in [-0.15, -0.1) is 0 Å². The molecule has 27 heavy (non-hydrogen) atoms. The van der Waals surface area contributed by atoms with Crippen LogP contribution in [0.4, 0.5) is 13.2 Å². The van der Waals surface area contributed by atoms with Crippen LogP contribution >= 0.6 is 0 Å². The minimum absolute atomic E-state index is 0.0754. The van der Waals surface area contributed by atoms with E-state index in [2.05, 4.69) is 0 Å². The van der Waals surface area contributed by atoms with Crippen molar-refractivity contribution in [3.05, 3.63) is 65.2 Å². The van der Waals surface area contributed by atoms with Gasteiger partial charge in [0.25, 0.3) is 0 Å². The van der Waals surface area contributed by atoms with Gasteiger partial charge in [-0.2, -0.15) is 13.2 Å². The number of benzene rings is 2. The molecule has 3 rings (SSSR count). The van der Waals surface area contributed by atoms with E-state index in [-0.39, 0.29) is 24.1 Å². The molecule has 0 heterocycles. The lowest BCUT2D eigenvalue weighted by molar-refractivity contribution is -0.137. The third kappa shape index (κ3) is 4.62. The molecule has 3 nitrogen and oxygen atoms in total. The summed E-state index contributed by atoms with van der Waals surface area (Å²) >= 11 is 0. The second-order valence-electron chi connectivity index (χ2n) is 6.96. The molecule has 1 N–H and O–H groups in total. The summed E-state index contributed by atoms with van der Waals surface area (Å²) in [6.07, 6.45) is -2.08. The van der Waals surface area contributed by atoms with Crippen LogP contribution in [0.15, 0.2) is 48.5 Å². The standard InChI is InChI=1S/C21H22F3NO2/c1-14(16-6-4-7-17(13-16)21(22,23)24)25(18-10-11-18)20(27)12-9-15-5-2-3-8-19(15)26/h2-8,13-14,18,26H,9-12H2,1H3. The third-order valence-electron chi connectivity index (χ3n) is 4.94. The summed E-state index contributed by atoms with van der Waals surface area (Å²) < 4.78 is 39.0. The Bertz CT molecular complexity index is 815. The average molecular weight is 377 g/mol. The van der Waals surface area contributed by atoms with E-state index < -0.39 is 17.8 Å². The predicted octanol–water partition coefficient (Wildman–Crippen LogP) is 5.10. The number of para-hydroxylation sites is 1. The van der Waals surface area contributed by atoms with Crippen LogP contribution in [0.2, 0.25) is 0 Å². The molecular formula is C21H22F3NO2. The lowest BCUT2D eigenvalue weighted by Gasteiger charge is -2.30. The van der Waals surface area contributed by atoms with Gasteiger partial charge in [0.2, 0.25) is 5.91 Å². The highest BCUT2D eigenvalue weighted by atomic mass is 19.4. The lowest BCUT2D eigenvalue weighted by Crippen LogP contribution is -2.35. The zero-order valence-corrected chi connectivity index (χ0v) is 15.0. The minimum atomic E-state index is -4.41. The van der Waals surface area contributed by atoms with Gasteiger partial charge in [0.15, 0.2) is 0 Å². The van der Waals surface area contributed by atoms with Crippen LogP contribution in [0.1, 0.15) is 48.9 Å². The minimum Gasteiger partial charge on any atom is -0.508 e. The summed E-state index contributed by atoms with van der Waals surface area (Å²) in [5, 5.41) is 9.85. The fourth-order valence-electron chi connectivity index (χ4n) is 3.32. The van der Waals surface area contributed by atoms with Crippen LogP contribution in [-0.4, -0.2) is 22.0 Å². The first-order valence-corrected chi connectivity index (χ1v) is 9.02. The van der Waals surface area contributed by atoms with Gasteiger partial charge in [-0.05, 0) is 55.5 Å². The van der Waals surface area contributed by atoms with E-state index in [9.17, 15) is 23.1 Å². The molecular weight excluding hydrogens is 355 g/mol. The van der Waals surface area contributed by atoms with Crippen molar-refractivity contribution < 1.29 is 23.1 Å². The van der Waals surface area contributed by atoms with E-state index in [1.807, 2.05) is 0 Å². The first kappa shape index (κ1) is 19.3. The van der Waals surface area contributed by atoms with E-state index in [1.54, 1.807) is 42.2 Å². The molecule has 1 amide bonds. The van der Waals surface area contributed by atoms with Crippen LogP contribution in [-0.2, 0) is 17.4 Å². The molecule has 1 atom stereocenters. The molecule has 0 spiro atoms. The monoisotopic (exact) mass is 377 g/mol. The van der Waals surface area contributed by atoms with Crippen LogP contribution < -0.4 is 0 Å². The molecule has 0 radical (unpaired) electrons. The summed E-state index contributed by atoms with van der Waals surface area (Å²) in [6.45, 7) is 1.77. The number of phenolic OH excluding ortho intramolecular Hbond substituents is 1. The summed E-state index contributed by atoms with van der Waals surface area (Å²) in [7, 11) is 0. The molecule has 1 aliphatic rings. The Kier molecular flexibility index (Phi) is 5.44. The Hall–Kier alpha value is -2.50. The Labute approximate surface area is 156 Å². The Morgan fingerprint density at radius 1 is 1.19 bits per heavy atom. The number of aryl methyl sites for hydroxylation is 1. The van der Waals surface area contributed by atoms with Crippen molar-refractivity contribution in [2.45, 2.75) is 50.9 Å². The van der Waals surface area contributed by atoms with E-state index in [0.717, 1.165) is 25.0 Å². The Balaban J connectivity index is 1.75. The normalized spacial score (nSPS) is 15.4. The topological polar surface area (TPSA) is 40.5 Å². The number of hydrogen-bond acceptors (Lipinski definition) is 2. The van der Waals surface area contributed by atoms with Gasteiger partial charge in [0.05, 0.1) is 11.6 Å². The SMILES string of the molecule is CC(c1cccc(C(F)(F)F)c1)N(C(=O)CCc1ccccc1O)C1CC1. The van der Waals surface area contributed by atoms with Crippen LogP contribution in [0.5, 0.6) is 5.75 Å². The largest absolute Gasteiger partial charge is 0.508 e. The molecule has 0 saturated heterocycles. The molecule has 2 aromatic rings. The van der Waals surface area contributed by atoms with Gasteiger partial charge >= 0.3 is 6.18 Å². The van der Waals surface area contributed by atoms with E-state index >= 15 is 0 Å². The Morgan fingerprint density at radius 2 is 1.89 bits per heavy atom. The van der Waals surface area contributed by atoms with Gasteiger partial charge in [-0.25, -0.2) is 0 Å². The zero-order valence-electron chi connectivity index (χ0n) is 15.0. The third-order valence-corrected chi connectivity index (χ3v) is 4.94. The smallest absolute Gasteiger partial charge is 0.416 e. The molecule has 1 saturated carbocycles. The van der Waals surface area contributed by atoms with Crippen molar-refractivity contribution in [1.82, 2.24) is 4.90 Å². The Morgan fingerprint density at radius 3 is 2.52 bits per heavy atom. The summed E-state index contributed by atoms with van der Waals surface area (Å²) in [5.74, 6) is 0.0415. The molecule has 0 aliphatic heterocycles. The first-order chi connectivity index (χ1) is 12.8. The maximum absolute atomic E-state index is 13.0. The fourth-order valence-corrected chi connectivity index (χ4v) is 3.32. The number of hydrogen-bond donors (Lipinski definition) is 1. The van der Waals surface area contributed by atoms with Crippen molar-refractivity contribution in [2.75, 3.05) is 0 Å². The van der Waals surface area contributed by atoms with Crippen molar-refractivity contribution >= 4 is 5.91 Å². The molecule has 0 bridgehead atoms. The highest BCUT2D eigenvalue weighted by molar-refractivity contribution is 5.77. The van der Waals surface area contributed by atoms with Gasteiger partial charge in [-0.3, -0.25) is 4.79 Å². The molecule has 2 aromatic carbocycles. The van der Waals surface area contributed by atoms with Crippen molar-refractivity contribution in [3.8, 4) is 5.75 Å². The molecule has 144 valence electrons. The van der Waals surface area contributed by atoms with Crippen molar-refractivity contribution in [1.29, 1.82) is 0 Å². The first-order valence-electron chi connectivity index (χ1n) is 9.02. The molecule has 1 aliphatic carbocycles. The quantitative estimate of drug-likeness (QED) is 0.761. The average Bonchev–Trinajstić information content (AvgIpc) is 3.45. The van der Waals surface area contributed by atoms with Gasteiger partial charge in [0, 0.05) is 12.5 Å². The summed E-state index contributed by atoms with van der Waals surface area (Å²) in [5.41, 5.74) is 0.463. The molecule has 6 heteroatoms. The van der Waals surface area contributed by atoms with Gasteiger partial charge in [-0.1, -0.05) is 30.3 Å².